The Labute approximate surface area is 150 Å². The first kappa shape index (κ1) is 20.9. The highest BCUT2D eigenvalue weighted by molar-refractivity contribution is 7.89. The Morgan fingerprint density at radius 3 is 2.33 bits per heavy atom. The molecular weight excluding hydrogens is 350 g/mol. The lowest BCUT2D eigenvalue weighted by molar-refractivity contribution is 0.0655. The highest BCUT2D eigenvalue weighted by Crippen LogP contribution is 2.16. The van der Waals surface area contributed by atoms with Gasteiger partial charge < -0.3 is 10.2 Å². The molecule has 0 saturated carbocycles. The minimum absolute atomic E-state index is 0. The van der Waals surface area contributed by atoms with Crippen LogP contribution in [0, 0.1) is 0 Å². The molecule has 1 aliphatic heterocycles. The molecule has 0 radical (unpaired) electrons. The lowest BCUT2D eigenvalue weighted by atomic mass is 10.1. The Kier molecular flexibility index (Phi) is 6.81. The number of hydrogen-bond donors (Lipinski definition) is 2. The third-order valence-electron chi connectivity index (χ3n) is 3.61. The van der Waals surface area contributed by atoms with Crippen LogP contribution >= 0.6 is 12.4 Å². The van der Waals surface area contributed by atoms with Gasteiger partial charge in [0.15, 0.2) is 0 Å². The van der Waals surface area contributed by atoms with Crippen LogP contribution in [0.5, 0.6) is 0 Å². The van der Waals surface area contributed by atoms with Crippen molar-refractivity contribution in [3.63, 3.8) is 0 Å². The molecule has 0 bridgehead atoms. The van der Waals surface area contributed by atoms with E-state index in [4.69, 9.17) is 0 Å². The molecule has 1 amide bonds. The van der Waals surface area contributed by atoms with Crippen LogP contribution in [0.25, 0.3) is 0 Å². The molecule has 0 unspecified atom stereocenters. The lowest BCUT2D eigenvalue weighted by Crippen LogP contribution is -2.52. The monoisotopic (exact) mass is 375 g/mol. The standard InChI is InChI=1S/C16H25N3O3S.ClH/c1-12-11-17-9-10-19(12)15(20)13-5-7-14(8-6-13)23(21,22)18-16(2,3)4;/h5-8,12,17-18H,9-11H2,1-4H3;1H/t12-;/m1./s1. The predicted molar refractivity (Wildman–Crippen MR) is 97.1 cm³/mol. The Bertz CT molecular complexity index is 669. The number of nitrogens with one attached hydrogen (secondary N) is 2. The molecule has 0 aromatic heterocycles. The summed E-state index contributed by atoms with van der Waals surface area (Å²) >= 11 is 0. The number of carbonyl (C=O) groups excluding carboxylic acids is 1. The van der Waals surface area contributed by atoms with Gasteiger partial charge in [-0.1, -0.05) is 0 Å². The molecule has 8 heteroatoms. The molecule has 1 heterocycles. The van der Waals surface area contributed by atoms with Gasteiger partial charge in [-0.25, -0.2) is 13.1 Å². The van der Waals surface area contributed by atoms with E-state index in [1.165, 1.54) is 12.1 Å². The second-order valence-corrected chi connectivity index (χ2v) is 8.61. The summed E-state index contributed by atoms with van der Waals surface area (Å²) in [6.07, 6.45) is 0. The Balaban J connectivity index is 0.00000288. The summed E-state index contributed by atoms with van der Waals surface area (Å²) < 4.78 is 27.1. The number of rotatable bonds is 3. The summed E-state index contributed by atoms with van der Waals surface area (Å²) in [5.41, 5.74) is -0.0442. The maximum Gasteiger partial charge on any atom is 0.254 e. The minimum atomic E-state index is -3.58. The van der Waals surface area contributed by atoms with Crippen LogP contribution < -0.4 is 10.0 Å². The first-order valence-electron chi connectivity index (χ1n) is 7.76. The largest absolute Gasteiger partial charge is 0.333 e. The number of hydrogen-bond acceptors (Lipinski definition) is 4. The SMILES string of the molecule is C[C@@H]1CNCCN1C(=O)c1ccc(S(=O)(=O)NC(C)(C)C)cc1.Cl. The van der Waals surface area contributed by atoms with E-state index in [0.717, 1.165) is 13.1 Å². The molecule has 1 aromatic rings. The van der Waals surface area contributed by atoms with E-state index < -0.39 is 15.6 Å². The second-order valence-electron chi connectivity index (χ2n) is 6.93. The number of carbonyl (C=O) groups is 1. The topological polar surface area (TPSA) is 78.5 Å². The Morgan fingerprint density at radius 1 is 1.25 bits per heavy atom. The van der Waals surface area contributed by atoms with Crippen LogP contribution in [0.2, 0.25) is 0 Å². The van der Waals surface area contributed by atoms with Gasteiger partial charge in [0, 0.05) is 36.8 Å². The number of sulfonamides is 1. The van der Waals surface area contributed by atoms with E-state index in [1.54, 1.807) is 32.9 Å². The molecule has 1 aromatic carbocycles. The molecule has 136 valence electrons. The molecule has 1 atom stereocenters. The molecule has 2 rings (SSSR count). The van der Waals surface area contributed by atoms with E-state index >= 15 is 0 Å². The van der Waals surface area contributed by atoms with Crippen LogP contribution in [0.1, 0.15) is 38.1 Å². The predicted octanol–water partition coefficient (Wildman–Crippen LogP) is 1.62. The molecule has 1 saturated heterocycles. The zero-order valence-corrected chi connectivity index (χ0v) is 16.1. The van der Waals surface area contributed by atoms with E-state index in [2.05, 4.69) is 10.0 Å². The first-order chi connectivity index (χ1) is 10.6. The van der Waals surface area contributed by atoms with Crippen LogP contribution in [0.4, 0.5) is 0 Å². The normalized spacial score (nSPS) is 18.8. The molecule has 0 spiro atoms. The van der Waals surface area contributed by atoms with Gasteiger partial charge in [0.1, 0.15) is 0 Å². The fourth-order valence-electron chi connectivity index (χ4n) is 2.55. The molecular formula is C16H26ClN3O3S. The van der Waals surface area contributed by atoms with Crippen molar-refractivity contribution in [2.24, 2.45) is 0 Å². The van der Waals surface area contributed by atoms with Crippen molar-refractivity contribution >= 4 is 28.3 Å². The van der Waals surface area contributed by atoms with E-state index in [9.17, 15) is 13.2 Å². The maximum atomic E-state index is 12.5. The Hall–Kier alpha value is -1.15. The van der Waals surface area contributed by atoms with Gasteiger partial charge in [-0.15, -0.1) is 12.4 Å². The fourth-order valence-corrected chi connectivity index (χ4v) is 3.97. The average Bonchev–Trinajstić information content (AvgIpc) is 2.45. The third-order valence-corrected chi connectivity index (χ3v) is 5.39. The zero-order valence-electron chi connectivity index (χ0n) is 14.5. The zero-order chi connectivity index (χ0) is 17.3. The highest BCUT2D eigenvalue weighted by atomic mass is 35.5. The quantitative estimate of drug-likeness (QED) is 0.841. The van der Waals surface area contributed by atoms with E-state index in [-0.39, 0.29) is 29.3 Å². The summed E-state index contributed by atoms with van der Waals surface area (Å²) in [6, 6.07) is 6.24. The van der Waals surface area contributed by atoms with Gasteiger partial charge in [0.25, 0.3) is 5.91 Å². The molecule has 1 fully saturated rings. The van der Waals surface area contributed by atoms with Crippen LogP contribution in [0.15, 0.2) is 29.2 Å². The van der Waals surface area contributed by atoms with E-state index in [0.29, 0.717) is 12.1 Å². The van der Waals surface area contributed by atoms with Crippen LogP contribution in [-0.2, 0) is 10.0 Å². The number of nitrogens with zero attached hydrogens (tertiary/aromatic N) is 1. The minimum Gasteiger partial charge on any atom is -0.333 e. The number of amides is 1. The molecule has 2 N–H and O–H groups in total. The van der Waals surface area contributed by atoms with Crippen molar-refractivity contribution in [1.29, 1.82) is 0 Å². The van der Waals surface area contributed by atoms with Crippen LogP contribution in [0.3, 0.4) is 0 Å². The average molecular weight is 376 g/mol. The number of piperazine rings is 1. The molecule has 0 aliphatic carbocycles. The highest BCUT2D eigenvalue weighted by Gasteiger charge is 2.25. The van der Waals surface area contributed by atoms with Gasteiger partial charge in [-0.3, -0.25) is 4.79 Å². The smallest absolute Gasteiger partial charge is 0.254 e. The second kappa shape index (κ2) is 7.82. The van der Waals surface area contributed by atoms with Crippen molar-refractivity contribution in [2.75, 3.05) is 19.6 Å². The van der Waals surface area contributed by atoms with Gasteiger partial charge in [-0.05, 0) is 52.0 Å². The summed E-state index contributed by atoms with van der Waals surface area (Å²) in [6.45, 7) is 9.56. The van der Waals surface area contributed by atoms with Gasteiger partial charge in [0.2, 0.25) is 10.0 Å². The summed E-state index contributed by atoms with van der Waals surface area (Å²) in [5.74, 6) is -0.0632. The van der Waals surface area contributed by atoms with Crippen molar-refractivity contribution in [3.05, 3.63) is 29.8 Å². The van der Waals surface area contributed by atoms with Crippen molar-refractivity contribution in [2.45, 2.75) is 44.2 Å². The van der Waals surface area contributed by atoms with Gasteiger partial charge in [0.05, 0.1) is 4.90 Å². The lowest BCUT2D eigenvalue weighted by Gasteiger charge is -2.34. The first-order valence-corrected chi connectivity index (χ1v) is 9.24. The fraction of sp³-hybridized carbons (Fsp3) is 0.562. The molecule has 1 aliphatic rings. The van der Waals surface area contributed by atoms with Crippen molar-refractivity contribution < 1.29 is 13.2 Å². The maximum absolute atomic E-state index is 12.5. The van der Waals surface area contributed by atoms with E-state index in [1.807, 2.05) is 11.8 Å². The molecule has 6 nitrogen and oxygen atoms in total. The van der Waals surface area contributed by atoms with Crippen molar-refractivity contribution in [3.8, 4) is 0 Å². The number of benzene rings is 1. The third kappa shape index (κ3) is 5.17. The van der Waals surface area contributed by atoms with Crippen molar-refractivity contribution in [1.82, 2.24) is 14.9 Å². The summed E-state index contributed by atoms with van der Waals surface area (Å²) in [4.78, 5) is 14.5. The number of halogens is 1. The van der Waals surface area contributed by atoms with Gasteiger partial charge >= 0.3 is 0 Å². The summed E-state index contributed by atoms with van der Waals surface area (Å²) in [5, 5.41) is 3.24. The van der Waals surface area contributed by atoms with Crippen LogP contribution in [-0.4, -0.2) is 50.4 Å². The molecule has 24 heavy (non-hydrogen) atoms. The summed E-state index contributed by atoms with van der Waals surface area (Å²) in [7, 11) is -3.58. The Morgan fingerprint density at radius 2 is 1.83 bits per heavy atom. The van der Waals surface area contributed by atoms with Gasteiger partial charge in [-0.2, -0.15) is 0 Å².